The summed E-state index contributed by atoms with van der Waals surface area (Å²) in [4.78, 5) is 11.0. The molecular weight excluding hydrogens is 197 g/mol. The second kappa shape index (κ2) is 5.14. The Balaban J connectivity index is 0.00000121. The molecule has 1 rings (SSSR count). The molecule has 0 aromatic heterocycles. The Kier molecular flexibility index (Phi) is 4.90. The fourth-order valence-electron chi connectivity index (χ4n) is 0.754. The average Bonchev–Trinajstić information content (AvgIpc) is 2.05. The van der Waals surface area contributed by atoms with Crippen LogP contribution in [0.2, 0.25) is 5.02 Å². The van der Waals surface area contributed by atoms with E-state index < -0.39 is 0 Å². The van der Waals surface area contributed by atoms with Crippen molar-refractivity contribution in [3.63, 3.8) is 0 Å². The third-order valence-corrected chi connectivity index (χ3v) is 1.60. The molecule has 0 fully saturated rings. The molecule has 0 heterocycles. The molecule has 0 unspecified atom stereocenters. The van der Waals surface area contributed by atoms with Crippen molar-refractivity contribution in [2.24, 2.45) is 5.73 Å². The van der Waals surface area contributed by atoms with E-state index in [2.05, 4.69) is 0 Å². The lowest BCUT2D eigenvalue weighted by atomic mass is 10.1. The molecule has 0 radical (unpaired) electrons. The Morgan fingerprint density at radius 2 is 1.83 bits per heavy atom. The van der Waals surface area contributed by atoms with Gasteiger partial charge in [-0.05, 0) is 24.3 Å². The van der Waals surface area contributed by atoms with Crippen LogP contribution in [-0.2, 0) is 0 Å². The predicted octanol–water partition coefficient (Wildman–Crippen LogP) is -1.51. The fourth-order valence-corrected chi connectivity index (χ4v) is 0.880. The number of carbonyl (C=O) groups is 1. The zero-order valence-corrected chi connectivity index (χ0v) is 7.77. The van der Waals surface area contributed by atoms with Crippen LogP contribution in [0, 0.1) is 0 Å². The lowest BCUT2D eigenvalue weighted by Gasteiger charge is -1.95. The molecule has 0 amide bonds. The molecule has 0 aliphatic heterocycles. The van der Waals surface area contributed by atoms with Crippen molar-refractivity contribution in [2.75, 3.05) is 6.54 Å². The van der Waals surface area contributed by atoms with Crippen LogP contribution in [0.5, 0.6) is 0 Å². The zero-order valence-electron chi connectivity index (χ0n) is 6.26. The Bertz CT molecular complexity index is 258. The zero-order chi connectivity index (χ0) is 8.27. The van der Waals surface area contributed by atoms with Crippen LogP contribution >= 0.6 is 11.6 Å². The van der Waals surface area contributed by atoms with Gasteiger partial charge in [-0.2, -0.15) is 0 Å². The van der Waals surface area contributed by atoms with Gasteiger partial charge in [0.25, 0.3) is 0 Å². The Hall–Kier alpha value is -0.570. The maximum atomic E-state index is 11.0. The summed E-state index contributed by atoms with van der Waals surface area (Å²) in [6.07, 6.45) is 0. The number of nitrogens with two attached hydrogens (primary N) is 1. The lowest BCUT2D eigenvalue weighted by Crippen LogP contribution is -3.00. The van der Waals surface area contributed by atoms with Gasteiger partial charge in [0.2, 0.25) is 0 Å². The standard InChI is InChI=1S/C8H8ClNO.ClH/c9-7-3-1-6(2-4-7)8(11)5-10;/h1-4H,5,10H2;1H/p-1. The van der Waals surface area contributed by atoms with E-state index in [9.17, 15) is 4.79 Å². The largest absolute Gasteiger partial charge is 1.00 e. The summed E-state index contributed by atoms with van der Waals surface area (Å²) in [5, 5.41) is 0.624. The molecule has 66 valence electrons. The Labute approximate surface area is 82.1 Å². The van der Waals surface area contributed by atoms with Crippen LogP contribution in [0.15, 0.2) is 24.3 Å². The Morgan fingerprint density at radius 1 is 1.33 bits per heavy atom. The van der Waals surface area contributed by atoms with Crippen LogP contribution in [0.4, 0.5) is 0 Å². The highest BCUT2D eigenvalue weighted by molar-refractivity contribution is 6.30. The van der Waals surface area contributed by atoms with E-state index in [-0.39, 0.29) is 24.7 Å². The van der Waals surface area contributed by atoms with Crippen LogP contribution in [0.3, 0.4) is 0 Å². The van der Waals surface area contributed by atoms with E-state index in [0.717, 1.165) is 0 Å². The van der Waals surface area contributed by atoms with Crippen molar-refractivity contribution >= 4 is 17.4 Å². The fraction of sp³-hybridized carbons (Fsp3) is 0.125. The first kappa shape index (κ1) is 11.4. The normalized spacial score (nSPS) is 8.83. The molecule has 0 saturated carbocycles. The first-order chi connectivity index (χ1) is 5.24. The quantitative estimate of drug-likeness (QED) is 0.596. The van der Waals surface area contributed by atoms with Gasteiger partial charge in [0.15, 0.2) is 5.78 Å². The minimum absolute atomic E-state index is 0. The number of Topliss-reactive ketones (excluding diaryl/α,β-unsaturated/α-hetero) is 1. The van der Waals surface area contributed by atoms with E-state index in [1.54, 1.807) is 24.3 Å². The lowest BCUT2D eigenvalue weighted by molar-refractivity contribution is -0.00000982. The number of hydrogen-bond acceptors (Lipinski definition) is 2. The van der Waals surface area contributed by atoms with Crippen molar-refractivity contribution in [1.82, 2.24) is 0 Å². The highest BCUT2D eigenvalue weighted by Crippen LogP contribution is 2.09. The number of benzene rings is 1. The van der Waals surface area contributed by atoms with E-state index >= 15 is 0 Å². The second-order valence-electron chi connectivity index (χ2n) is 2.13. The average molecular weight is 205 g/mol. The van der Waals surface area contributed by atoms with Crippen LogP contribution < -0.4 is 18.1 Å². The summed E-state index contributed by atoms with van der Waals surface area (Å²) in [7, 11) is 0. The summed E-state index contributed by atoms with van der Waals surface area (Å²) in [6, 6.07) is 6.67. The maximum absolute atomic E-state index is 11.0. The van der Waals surface area contributed by atoms with Crippen molar-refractivity contribution in [1.29, 1.82) is 0 Å². The van der Waals surface area contributed by atoms with Crippen molar-refractivity contribution in [2.45, 2.75) is 0 Å². The van der Waals surface area contributed by atoms with Crippen molar-refractivity contribution in [3.8, 4) is 0 Å². The number of hydrogen-bond donors (Lipinski definition) is 1. The molecule has 0 aliphatic rings. The van der Waals surface area contributed by atoms with E-state index in [1.807, 2.05) is 0 Å². The van der Waals surface area contributed by atoms with Crippen molar-refractivity contribution < 1.29 is 17.2 Å². The first-order valence-electron chi connectivity index (χ1n) is 3.23. The molecule has 2 nitrogen and oxygen atoms in total. The molecule has 0 saturated heterocycles. The number of ketones is 1. The second-order valence-corrected chi connectivity index (χ2v) is 2.57. The highest BCUT2D eigenvalue weighted by atomic mass is 35.5. The van der Waals surface area contributed by atoms with Gasteiger partial charge in [-0.25, -0.2) is 0 Å². The van der Waals surface area contributed by atoms with Gasteiger partial charge in [-0.3, -0.25) is 4.79 Å². The predicted molar refractivity (Wildman–Crippen MR) is 44.8 cm³/mol. The molecule has 4 heteroatoms. The summed E-state index contributed by atoms with van der Waals surface area (Å²) >= 11 is 5.62. The van der Waals surface area contributed by atoms with Gasteiger partial charge in [0, 0.05) is 10.6 Å². The summed E-state index contributed by atoms with van der Waals surface area (Å²) in [5.41, 5.74) is 5.77. The topological polar surface area (TPSA) is 43.1 Å². The smallest absolute Gasteiger partial charge is 0.176 e. The van der Waals surface area contributed by atoms with Crippen LogP contribution in [0.25, 0.3) is 0 Å². The summed E-state index contributed by atoms with van der Waals surface area (Å²) in [6.45, 7) is 0.0433. The molecule has 1 aromatic carbocycles. The molecule has 0 bridgehead atoms. The number of halogens is 2. The molecule has 12 heavy (non-hydrogen) atoms. The van der Waals surface area contributed by atoms with E-state index in [4.69, 9.17) is 17.3 Å². The molecule has 0 aliphatic carbocycles. The summed E-state index contributed by atoms with van der Waals surface area (Å²) in [5.74, 6) is -0.0679. The van der Waals surface area contributed by atoms with Crippen LogP contribution in [0.1, 0.15) is 10.4 Å². The van der Waals surface area contributed by atoms with Gasteiger partial charge in [-0.1, -0.05) is 11.6 Å². The van der Waals surface area contributed by atoms with Gasteiger partial charge in [0.1, 0.15) is 0 Å². The number of rotatable bonds is 2. The molecule has 0 spiro atoms. The van der Waals surface area contributed by atoms with Gasteiger partial charge >= 0.3 is 0 Å². The van der Waals surface area contributed by atoms with Gasteiger partial charge < -0.3 is 18.1 Å². The Morgan fingerprint density at radius 3 is 2.25 bits per heavy atom. The molecule has 0 atom stereocenters. The third kappa shape index (κ3) is 2.81. The van der Waals surface area contributed by atoms with E-state index in [1.165, 1.54) is 0 Å². The third-order valence-electron chi connectivity index (χ3n) is 1.35. The van der Waals surface area contributed by atoms with E-state index in [0.29, 0.717) is 10.6 Å². The first-order valence-corrected chi connectivity index (χ1v) is 3.60. The monoisotopic (exact) mass is 204 g/mol. The minimum Gasteiger partial charge on any atom is -1.00 e. The van der Waals surface area contributed by atoms with Crippen molar-refractivity contribution in [3.05, 3.63) is 34.9 Å². The van der Waals surface area contributed by atoms with Gasteiger partial charge in [-0.15, -0.1) is 0 Å². The van der Waals surface area contributed by atoms with Crippen LogP contribution in [-0.4, -0.2) is 12.3 Å². The summed E-state index contributed by atoms with van der Waals surface area (Å²) < 4.78 is 0. The maximum Gasteiger partial charge on any atom is 0.176 e. The SMILES string of the molecule is NCC(=O)c1ccc(Cl)cc1.[Cl-]. The molecular formula is C8H8Cl2NO-. The minimum atomic E-state index is -0.0679. The molecule has 1 aromatic rings. The number of carbonyl (C=O) groups excluding carboxylic acids is 1. The molecule has 2 N–H and O–H groups in total. The highest BCUT2D eigenvalue weighted by Gasteiger charge is 2.00. The van der Waals surface area contributed by atoms with Gasteiger partial charge in [0.05, 0.1) is 6.54 Å².